The fourth-order valence-electron chi connectivity index (χ4n) is 3.59. The predicted octanol–water partition coefficient (Wildman–Crippen LogP) is 3.63. The summed E-state index contributed by atoms with van der Waals surface area (Å²) in [6, 6.07) is 17.1. The van der Waals surface area contributed by atoms with Gasteiger partial charge in [0.05, 0.1) is 5.39 Å². The number of carbonyl (C=O) groups is 1. The van der Waals surface area contributed by atoms with Crippen molar-refractivity contribution in [3.8, 4) is 0 Å². The molecule has 3 aromatic heterocycles. The lowest BCUT2D eigenvalue weighted by atomic mass is 10.2. The van der Waals surface area contributed by atoms with Gasteiger partial charge in [-0.3, -0.25) is 14.0 Å². The molecule has 6 nitrogen and oxygen atoms in total. The molecule has 0 unspecified atom stereocenters. The first-order valence-electron chi connectivity index (χ1n) is 9.90. The highest BCUT2D eigenvalue weighted by Crippen LogP contribution is 2.18. The average molecular weight is 388 g/mol. The van der Waals surface area contributed by atoms with Crippen LogP contribution in [0.25, 0.3) is 16.7 Å². The average Bonchev–Trinajstić information content (AvgIpc) is 3.08. The Morgan fingerprint density at radius 2 is 1.86 bits per heavy atom. The Balaban J connectivity index is 1.77. The van der Waals surface area contributed by atoms with Gasteiger partial charge in [-0.1, -0.05) is 49.7 Å². The minimum Gasteiger partial charge on any atom is -0.333 e. The SMILES string of the molecule is CCCCN(Cc1ccccc1)C(=O)c1cc2c(=O)n3ccccc3nc2n1C. The molecule has 0 spiro atoms. The van der Waals surface area contributed by atoms with E-state index in [2.05, 4.69) is 11.9 Å². The molecule has 0 saturated carbocycles. The largest absolute Gasteiger partial charge is 0.333 e. The van der Waals surface area contributed by atoms with Crippen molar-refractivity contribution in [3.05, 3.63) is 82.4 Å². The van der Waals surface area contributed by atoms with Gasteiger partial charge in [0, 0.05) is 26.3 Å². The van der Waals surface area contributed by atoms with Gasteiger partial charge in [-0.15, -0.1) is 0 Å². The summed E-state index contributed by atoms with van der Waals surface area (Å²) in [7, 11) is 1.79. The lowest BCUT2D eigenvalue weighted by molar-refractivity contribution is 0.0731. The Morgan fingerprint density at radius 3 is 2.62 bits per heavy atom. The number of aryl methyl sites for hydroxylation is 1. The van der Waals surface area contributed by atoms with Gasteiger partial charge in [-0.2, -0.15) is 0 Å². The van der Waals surface area contributed by atoms with Crippen molar-refractivity contribution in [3.63, 3.8) is 0 Å². The second-order valence-corrected chi connectivity index (χ2v) is 7.24. The number of nitrogens with zero attached hydrogens (tertiary/aromatic N) is 4. The number of hydrogen-bond donors (Lipinski definition) is 0. The van der Waals surface area contributed by atoms with Crippen LogP contribution in [-0.4, -0.2) is 31.3 Å². The first-order chi connectivity index (χ1) is 14.1. The Labute approximate surface area is 169 Å². The fourth-order valence-corrected chi connectivity index (χ4v) is 3.59. The van der Waals surface area contributed by atoms with E-state index in [9.17, 15) is 9.59 Å². The van der Waals surface area contributed by atoms with Crippen LogP contribution in [0.4, 0.5) is 0 Å². The molecule has 0 aliphatic rings. The minimum atomic E-state index is -0.164. The van der Waals surface area contributed by atoms with E-state index in [0.29, 0.717) is 35.5 Å². The number of fused-ring (bicyclic) bond motifs is 2. The van der Waals surface area contributed by atoms with E-state index in [1.807, 2.05) is 41.3 Å². The van der Waals surface area contributed by atoms with Gasteiger partial charge >= 0.3 is 0 Å². The molecule has 1 aromatic carbocycles. The number of carbonyl (C=O) groups excluding carboxylic acids is 1. The van der Waals surface area contributed by atoms with Crippen LogP contribution >= 0.6 is 0 Å². The second-order valence-electron chi connectivity index (χ2n) is 7.24. The summed E-state index contributed by atoms with van der Waals surface area (Å²) in [4.78, 5) is 32.8. The number of amides is 1. The van der Waals surface area contributed by atoms with Crippen LogP contribution in [-0.2, 0) is 13.6 Å². The van der Waals surface area contributed by atoms with Crippen molar-refractivity contribution >= 4 is 22.6 Å². The third-order valence-corrected chi connectivity index (χ3v) is 5.21. The maximum Gasteiger partial charge on any atom is 0.270 e. The first kappa shape index (κ1) is 18.9. The second kappa shape index (κ2) is 7.91. The van der Waals surface area contributed by atoms with E-state index in [1.54, 1.807) is 36.0 Å². The summed E-state index contributed by atoms with van der Waals surface area (Å²) >= 11 is 0. The van der Waals surface area contributed by atoms with E-state index in [-0.39, 0.29) is 11.5 Å². The summed E-state index contributed by atoms with van der Waals surface area (Å²) in [5.74, 6) is -0.0868. The van der Waals surface area contributed by atoms with E-state index >= 15 is 0 Å². The lowest BCUT2D eigenvalue weighted by Gasteiger charge is -2.23. The Hall–Kier alpha value is -3.41. The molecule has 0 aliphatic carbocycles. The van der Waals surface area contributed by atoms with E-state index in [0.717, 1.165) is 18.4 Å². The van der Waals surface area contributed by atoms with Gasteiger partial charge < -0.3 is 9.47 Å². The topological polar surface area (TPSA) is 59.6 Å². The van der Waals surface area contributed by atoms with Gasteiger partial charge in [0.2, 0.25) is 0 Å². The third kappa shape index (κ3) is 3.53. The minimum absolute atomic E-state index is 0.0868. The van der Waals surface area contributed by atoms with E-state index in [1.165, 1.54) is 4.40 Å². The summed E-state index contributed by atoms with van der Waals surface area (Å²) < 4.78 is 3.24. The molecule has 148 valence electrons. The number of unbranched alkanes of at least 4 members (excludes halogenated alkanes) is 1. The molecular weight excluding hydrogens is 364 g/mol. The molecular formula is C23H24N4O2. The van der Waals surface area contributed by atoms with Gasteiger partial charge in [0.15, 0.2) is 0 Å². The van der Waals surface area contributed by atoms with Gasteiger partial charge in [-0.25, -0.2) is 4.98 Å². The van der Waals surface area contributed by atoms with Crippen LogP contribution in [0.3, 0.4) is 0 Å². The molecule has 0 saturated heterocycles. The maximum absolute atomic E-state index is 13.4. The van der Waals surface area contributed by atoms with Crippen molar-refractivity contribution in [2.75, 3.05) is 6.54 Å². The lowest BCUT2D eigenvalue weighted by Crippen LogP contribution is -2.32. The van der Waals surface area contributed by atoms with Gasteiger partial charge in [-0.05, 0) is 30.2 Å². The zero-order chi connectivity index (χ0) is 20.4. The van der Waals surface area contributed by atoms with Crippen LogP contribution in [0.15, 0.2) is 65.6 Å². The maximum atomic E-state index is 13.4. The fraction of sp³-hybridized carbons (Fsp3) is 0.261. The van der Waals surface area contributed by atoms with Crippen molar-refractivity contribution < 1.29 is 4.79 Å². The molecule has 0 aliphatic heterocycles. The Kier molecular flexibility index (Phi) is 5.16. The molecule has 0 bridgehead atoms. The van der Waals surface area contributed by atoms with Crippen LogP contribution in [0.1, 0.15) is 35.8 Å². The summed E-state index contributed by atoms with van der Waals surface area (Å²) in [5.41, 5.74) is 2.49. The summed E-state index contributed by atoms with van der Waals surface area (Å²) in [5, 5.41) is 0.453. The normalized spacial score (nSPS) is 11.2. The van der Waals surface area contributed by atoms with Crippen LogP contribution < -0.4 is 5.56 Å². The number of rotatable bonds is 6. The highest BCUT2D eigenvalue weighted by atomic mass is 16.2. The van der Waals surface area contributed by atoms with Gasteiger partial charge in [0.25, 0.3) is 11.5 Å². The molecule has 3 heterocycles. The highest BCUT2D eigenvalue weighted by Gasteiger charge is 2.22. The zero-order valence-corrected chi connectivity index (χ0v) is 16.7. The highest BCUT2D eigenvalue weighted by molar-refractivity contribution is 5.98. The number of benzene rings is 1. The van der Waals surface area contributed by atoms with Crippen molar-refractivity contribution in [1.29, 1.82) is 0 Å². The quantitative estimate of drug-likeness (QED) is 0.507. The Morgan fingerprint density at radius 1 is 1.10 bits per heavy atom. The monoisotopic (exact) mass is 388 g/mol. The zero-order valence-electron chi connectivity index (χ0n) is 16.7. The molecule has 0 fully saturated rings. The molecule has 1 amide bonds. The molecule has 29 heavy (non-hydrogen) atoms. The molecule has 4 rings (SSSR count). The Bertz CT molecular complexity index is 1220. The van der Waals surface area contributed by atoms with Crippen LogP contribution in [0.2, 0.25) is 0 Å². The van der Waals surface area contributed by atoms with Crippen LogP contribution in [0, 0.1) is 0 Å². The number of hydrogen-bond acceptors (Lipinski definition) is 3. The van der Waals surface area contributed by atoms with E-state index < -0.39 is 0 Å². The van der Waals surface area contributed by atoms with Crippen molar-refractivity contribution in [1.82, 2.24) is 18.9 Å². The smallest absolute Gasteiger partial charge is 0.270 e. The molecule has 0 atom stereocenters. The first-order valence-corrected chi connectivity index (χ1v) is 9.90. The third-order valence-electron chi connectivity index (χ3n) is 5.21. The molecule has 0 N–H and O–H groups in total. The predicted molar refractivity (Wildman–Crippen MR) is 114 cm³/mol. The van der Waals surface area contributed by atoms with Gasteiger partial charge in [0.1, 0.15) is 17.0 Å². The van der Waals surface area contributed by atoms with Crippen molar-refractivity contribution in [2.24, 2.45) is 7.05 Å². The number of pyridine rings is 1. The molecule has 0 radical (unpaired) electrons. The molecule has 6 heteroatoms. The van der Waals surface area contributed by atoms with E-state index in [4.69, 9.17) is 0 Å². The molecule has 4 aromatic rings. The number of aromatic nitrogens is 3. The standard InChI is InChI=1S/C23H24N4O2/c1-3-4-13-26(16-17-10-6-5-7-11-17)23(29)19-15-18-21(25(19)2)24-20-12-8-9-14-27(20)22(18)28/h5-12,14-15H,3-4,13,16H2,1-2H3. The van der Waals surface area contributed by atoms with Crippen LogP contribution in [0.5, 0.6) is 0 Å². The summed E-state index contributed by atoms with van der Waals surface area (Å²) in [6.45, 7) is 3.31. The van der Waals surface area contributed by atoms with Crippen molar-refractivity contribution in [2.45, 2.75) is 26.3 Å². The summed E-state index contributed by atoms with van der Waals surface area (Å²) in [6.07, 6.45) is 3.62.